The predicted octanol–water partition coefficient (Wildman–Crippen LogP) is 2.60. The van der Waals surface area contributed by atoms with Crippen LogP contribution in [0.5, 0.6) is 0 Å². The van der Waals surface area contributed by atoms with Crippen molar-refractivity contribution in [2.45, 2.75) is 38.3 Å². The van der Waals surface area contributed by atoms with Gasteiger partial charge in [-0.2, -0.15) is 0 Å². The Morgan fingerprint density at radius 2 is 1.91 bits per heavy atom. The average Bonchev–Trinajstić information content (AvgIpc) is 2.56. The first-order valence-corrected chi connectivity index (χ1v) is 8.56. The van der Waals surface area contributed by atoms with Gasteiger partial charge in [-0.3, -0.25) is 9.88 Å². The van der Waals surface area contributed by atoms with E-state index in [0.29, 0.717) is 6.04 Å². The highest BCUT2D eigenvalue weighted by Gasteiger charge is 2.36. The topological polar surface area (TPSA) is 45.2 Å². The third-order valence-electron chi connectivity index (χ3n) is 5.04. The van der Waals surface area contributed by atoms with Gasteiger partial charge < -0.3 is 4.90 Å². The number of aromatic nitrogens is 3. The first-order valence-electron chi connectivity index (χ1n) is 8.56. The molecule has 1 atom stereocenters. The zero-order valence-corrected chi connectivity index (χ0v) is 13.6. The van der Waals surface area contributed by atoms with E-state index < -0.39 is 0 Å². The number of rotatable bonds is 3. The van der Waals surface area contributed by atoms with Crippen molar-refractivity contribution in [3.05, 3.63) is 36.7 Å². The molecule has 0 radical (unpaired) electrons. The summed E-state index contributed by atoms with van der Waals surface area (Å²) < 4.78 is 0. The van der Waals surface area contributed by atoms with Crippen molar-refractivity contribution < 1.29 is 0 Å². The van der Waals surface area contributed by atoms with Gasteiger partial charge in [-0.15, -0.1) is 0 Å². The number of piperidine rings is 1. The van der Waals surface area contributed by atoms with Crippen molar-refractivity contribution in [2.24, 2.45) is 0 Å². The molecule has 2 aromatic heterocycles. The maximum atomic E-state index is 4.70. The summed E-state index contributed by atoms with van der Waals surface area (Å²) >= 11 is 0. The summed E-state index contributed by atoms with van der Waals surface area (Å²) in [5, 5.41) is 0. The maximum Gasteiger partial charge on any atom is 0.226 e. The number of pyridine rings is 1. The van der Waals surface area contributed by atoms with Crippen LogP contribution in [0, 0.1) is 0 Å². The fourth-order valence-electron chi connectivity index (χ4n) is 3.65. The molecule has 0 aliphatic carbocycles. The lowest BCUT2D eigenvalue weighted by Gasteiger charge is -2.49. The molecule has 4 rings (SSSR count). The standard InChI is InChI=1S/C18H23N5/c1-14-6-3-5-11-23(14)15-12-22(13-15)18-20-10-8-17(21-18)16-7-2-4-9-19-16/h2,4,7-10,14-15H,3,5-6,11-13H2,1H3/t14-/m0/s1. The first kappa shape index (κ1) is 14.6. The second kappa shape index (κ2) is 6.24. The van der Waals surface area contributed by atoms with Crippen LogP contribution in [0.1, 0.15) is 26.2 Å². The smallest absolute Gasteiger partial charge is 0.226 e. The van der Waals surface area contributed by atoms with Crippen molar-refractivity contribution in [1.29, 1.82) is 0 Å². The van der Waals surface area contributed by atoms with Crippen LogP contribution in [-0.2, 0) is 0 Å². The summed E-state index contributed by atoms with van der Waals surface area (Å²) in [5.74, 6) is 0.828. The van der Waals surface area contributed by atoms with Gasteiger partial charge in [0, 0.05) is 37.6 Å². The van der Waals surface area contributed by atoms with E-state index in [1.807, 2.05) is 30.5 Å². The number of nitrogens with zero attached hydrogens (tertiary/aromatic N) is 5. The Bertz CT molecular complexity index is 653. The van der Waals surface area contributed by atoms with Crippen LogP contribution in [0.4, 0.5) is 5.95 Å². The molecule has 5 nitrogen and oxygen atoms in total. The molecule has 2 fully saturated rings. The molecular formula is C18H23N5. The fourth-order valence-corrected chi connectivity index (χ4v) is 3.65. The zero-order valence-electron chi connectivity index (χ0n) is 13.6. The van der Waals surface area contributed by atoms with Crippen LogP contribution in [0.15, 0.2) is 36.7 Å². The van der Waals surface area contributed by atoms with E-state index in [1.165, 1.54) is 25.8 Å². The van der Waals surface area contributed by atoms with Gasteiger partial charge >= 0.3 is 0 Å². The lowest BCUT2D eigenvalue weighted by molar-refractivity contribution is 0.0869. The Morgan fingerprint density at radius 1 is 1.00 bits per heavy atom. The first-order chi connectivity index (χ1) is 11.3. The molecule has 0 spiro atoms. The Kier molecular flexibility index (Phi) is 3.95. The van der Waals surface area contributed by atoms with Crippen molar-refractivity contribution in [2.75, 3.05) is 24.5 Å². The van der Waals surface area contributed by atoms with Crippen LogP contribution in [-0.4, -0.2) is 51.6 Å². The van der Waals surface area contributed by atoms with E-state index in [9.17, 15) is 0 Å². The Balaban J connectivity index is 1.44. The molecule has 0 aromatic carbocycles. The van der Waals surface area contributed by atoms with Crippen LogP contribution < -0.4 is 4.90 Å². The predicted molar refractivity (Wildman–Crippen MR) is 91.3 cm³/mol. The molecule has 0 bridgehead atoms. The van der Waals surface area contributed by atoms with Gasteiger partial charge in [-0.25, -0.2) is 9.97 Å². The summed E-state index contributed by atoms with van der Waals surface area (Å²) in [5.41, 5.74) is 1.79. The molecule has 0 saturated carbocycles. The van der Waals surface area contributed by atoms with Gasteiger partial charge in [0.15, 0.2) is 0 Å². The summed E-state index contributed by atoms with van der Waals surface area (Å²) in [4.78, 5) is 18.5. The highest BCUT2D eigenvalue weighted by molar-refractivity contribution is 5.55. The minimum atomic E-state index is 0.660. The molecule has 2 aliphatic rings. The SMILES string of the molecule is C[C@H]1CCCCN1C1CN(c2nccc(-c3ccccn3)n2)C1. The Hall–Kier alpha value is -2.01. The normalized spacial score (nSPS) is 22.8. The van der Waals surface area contributed by atoms with Crippen LogP contribution in [0.25, 0.3) is 11.4 Å². The molecular weight excluding hydrogens is 286 g/mol. The minimum Gasteiger partial charge on any atom is -0.338 e. The lowest BCUT2D eigenvalue weighted by Crippen LogP contribution is -2.62. The van der Waals surface area contributed by atoms with E-state index in [1.54, 1.807) is 6.20 Å². The fraction of sp³-hybridized carbons (Fsp3) is 0.500. The number of hydrogen-bond donors (Lipinski definition) is 0. The molecule has 5 heteroatoms. The monoisotopic (exact) mass is 309 g/mol. The van der Waals surface area contributed by atoms with Gasteiger partial charge in [0.05, 0.1) is 11.4 Å². The van der Waals surface area contributed by atoms with E-state index >= 15 is 0 Å². The second-order valence-electron chi connectivity index (χ2n) is 6.60. The van der Waals surface area contributed by atoms with Crippen LogP contribution in [0.2, 0.25) is 0 Å². The van der Waals surface area contributed by atoms with Crippen molar-refractivity contribution in [3.8, 4) is 11.4 Å². The van der Waals surface area contributed by atoms with Crippen molar-refractivity contribution in [1.82, 2.24) is 19.9 Å². The largest absolute Gasteiger partial charge is 0.338 e. The molecule has 0 unspecified atom stereocenters. The molecule has 2 aliphatic heterocycles. The average molecular weight is 309 g/mol. The quantitative estimate of drug-likeness (QED) is 0.872. The van der Waals surface area contributed by atoms with Gasteiger partial charge in [-0.1, -0.05) is 12.5 Å². The molecule has 0 N–H and O–H groups in total. The van der Waals surface area contributed by atoms with E-state index in [2.05, 4.69) is 26.7 Å². The second-order valence-corrected chi connectivity index (χ2v) is 6.60. The molecule has 2 saturated heterocycles. The van der Waals surface area contributed by atoms with Crippen molar-refractivity contribution >= 4 is 5.95 Å². The third-order valence-corrected chi connectivity index (χ3v) is 5.04. The number of hydrogen-bond acceptors (Lipinski definition) is 5. The number of anilines is 1. The lowest BCUT2D eigenvalue weighted by atomic mass is 9.98. The molecule has 2 aromatic rings. The zero-order chi connectivity index (χ0) is 15.6. The van der Waals surface area contributed by atoms with Gasteiger partial charge in [0.25, 0.3) is 0 Å². The van der Waals surface area contributed by atoms with Gasteiger partial charge in [0.2, 0.25) is 5.95 Å². The van der Waals surface area contributed by atoms with Crippen LogP contribution >= 0.6 is 0 Å². The van der Waals surface area contributed by atoms with Gasteiger partial charge in [-0.05, 0) is 44.5 Å². The van der Waals surface area contributed by atoms with E-state index in [-0.39, 0.29) is 0 Å². The summed E-state index contributed by atoms with van der Waals surface area (Å²) in [7, 11) is 0. The molecule has 0 amide bonds. The Morgan fingerprint density at radius 3 is 2.70 bits per heavy atom. The molecule has 23 heavy (non-hydrogen) atoms. The van der Waals surface area contributed by atoms with Crippen molar-refractivity contribution in [3.63, 3.8) is 0 Å². The highest BCUT2D eigenvalue weighted by Crippen LogP contribution is 2.27. The molecule has 4 heterocycles. The maximum absolute atomic E-state index is 4.70. The minimum absolute atomic E-state index is 0.660. The molecule has 120 valence electrons. The van der Waals surface area contributed by atoms with E-state index in [4.69, 9.17) is 4.98 Å². The Labute approximate surface area is 137 Å². The highest BCUT2D eigenvalue weighted by atomic mass is 15.4. The van der Waals surface area contributed by atoms with Gasteiger partial charge in [0.1, 0.15) is 0 Å². The van der Waals surface area contributed by atoms with E-state index in [0.717, 1.165) is 36.5 Å². The summed E-state index contributed by atoms with van der Waals surface area (Å²) in [6, 6.07) is 9.20. The third kappa shape index (κ3) is 2.93. The van der Waals surface area contributed by atoms with Crippen LogP contribution in [0.3, 0.4) is 0 Å². The summed E-state index contributed by atoms with van der Waals surface area (Å²) in [6.07, 6.45) is 7.69. The summed E-state index contributed by atoms with van der Waals surface area (Å²) in [6.45, 7) is 5.68. The number of likely N-dealkylation sites (tertiary alicyclic amines) is 1.